The largest absolute Gasteiger partial charge is 0.468 e. The van der Waals surface area contributed by atoms with Crippen LogP contribution in [0.1, 0.15) is 54.0 Å². The molecule has 1 saturated carbocycles. The summed E-state index contributed by atoms with van der Waals surface area (Å²) in [6.45, 7) is 0. The smallest absolute Gasteiger partial charge is 0.341 e. The van der Waals surface area contributed by atoms with Crippen LogP contribution in [0.4, 0.5) is 0 Å². The van der Waals surface area contributed by atoms with Gasteiger partial charge in [-0.05, 0) is 18.4 Å². The first-order chi connectivity index (χ1) is 11.3. The molecule has 2 aromatic heterocycles. The first-order valence-electron chi connectivity index (χ1n) is 7.95. The molecule has 0 saturated heterocycles. The number of hydrogen-bond acceptors (Lipinski definition) is 6. The minimum atomic E-state index is -0.387. The number of H-pyrrole nitrogens is 1. The van der Waals surface area contributed by atoms with Crippen molar-refractivity contribution in [3.05, 3.63) is 29.5 Å². The van der Waals surface area contributed by atoms with E-state index in [0.717, 1.165) is 18.2 Å². The lowest BCUT2D eigenvalue weighted by atomic mass is 10.0. The molecule has 0 aliphatic heterocycles. The van der Waals surface area contributed by atoms with Crippen molar-refractivity contribution in [3.63, 3.8) is 0 Å². The van der Waals surface area contributed by atoms with E-state index in [4.69, 9.17) is 9.15 Å². The molecule has 0 bridgehead atoms. The molecule has 124 valence electrons. The third-order valence-corrected chi connectivity index (χ3v) is 5.11. The van der Waals surface area contributed by atoms with Crippen LogP contribution in [0.25, 0.3) is 0 Å². The van der Waals surface area contributed by atoms with E-state index in [-0.39, 0.29) is 5.97 Å². The SMILES string of the molecule is COC(=O)c1ccoc1CSc1n[nH]c(CCC2CCCC2)n1. The summed E-state index contributed by atoms with van der Waals surface area (Å²) < 4.78 is 10.1. The van der Waals surface area contributed by atoms with Crippen molar-refractivity contribution in [1.29, 1.82) is 0 Å². The lowest BCUT2D eigenvalue weighted by molar-refractivity contribution is 0.0598. The van der Waals surface area contributed by atoms with E-state index >= 15 is 0 Å². The highest BCUT2D eigenvalue weighted by atomic mass is 32.2. The van der Waals surface area contributed by atoms with E-state index in [1.807, 2.05) is 0 Å². The zero-order valence-electron chi connectivity index (χ0n) is 13.2. The Bertz CT molecular complexity index is 647. The standard InChI is InChI=1S/C16H21N3O3S/c1-21-15(20)12-8-9-22-13(12)10-23-16-17-14(18-19-16)7-6-11-4-2-3-5-11/h8-9,11H,2-7,10H2,1H3,(H,17,18,19). The Morgan fingerprint density at radius 1 is 1.48 bits per heavy atom. The van der Waals surface area contributed by atoms with E-state index in [0.29, 0.717) is 22.2 Å². The van der Waals surface area contributed by atoms with Gasteiger partial charge in [0, 0.05) is 6.42 Å². The maximum Gasteiger partial charge on any atom is 0.341 e. The first kappa shape index (κ1) is 16.1. The summed E-state index contributed by atoms with van der Waals surface area (Å²) in [5, 5.41) is 7.91. The van der Waals surface area contributed by atoms with E-state index in [9.17, 15) is 4.79 Å². The predicted octanol–water partition coefficient (Wildman–Crippen LogP) is 3.60. The molecule has 1 aliphatic rings. The Morgan fingerprint density at radius 2 is 2.30 bits per heavy atom. The second kappa shape index (κ2) is 7.68. The number of ether oxygens (including phenoxy) is 1. The van der Waals surface area contributed by atoms with Gasteiger partial charge in [-0.1, -0.05) is 37.4 Å². The van der Waals surface area contributed by atoms with Gasteiger partial charge >= 0.3 is 5.97 Å². The minimum absolute atomic E-state index is 0.387. The van der Waals surface area contributed by atoms with Gasteiger partial charge in [-0.15, -0.1) is 5.10 Å². The molecule has 0 unspecified atom stereocenters. The number of esters is 1. The molecule has 1 fully saturated rings. The molecule has 0 spiro atoms. The second-order valence-electron chi connectivity index (χ2n) is 5.79. The number of aryl methyl sites for hydroxylation is 1. The minimum Gasteiger partial charge on any atom is -0.468 e. The third kappa shape index (κ3) is 4.16. The molecule has 0 amide bonds. The highest BCUT2D eigenvalue weighted by molar-refractivity contribution is 7.98. The van der Waals surface area contributed by atoms with Gasteiger partial charge in [0.25, 0.3) is 0 Å². The van der Waals surface area contributed by atoms with Crippen LogP contribution < -0.4 is 0 Å². The van der Waals surface area contributed by atoms with Crippen LogP contribution in [0.15, 0.2) is 21.9 Å². The van der Waals surface area contributed by atoms with Gasteiger partial charge in [-0.25, -0.2) is 9.78 Å². The number of aromatic amines is 1. The molecule has 0 radical (unpaired) electrons. The van der Waals surface area contributed by atoms with Crippen molar-refractivity contribution in [2.24, 2.45) is 5.92 Å². The molecule has 1 N–H and O–H groups in total. The molecular weight excluding hydrogens is 314 g/mol. The normalized spacial score (nSPS) is 15.2. The fourth-order valence-corrected chi connectivity index (χ4v) is 3.74. The Morgan fingerprint density at radius 3 is 3.09 bits per heavy atom. The van der Waals surface area contributed by atoms with Crippen LogP contribution in [0.2, 0.25) is 0 Å². The van der Waals surface area contributed by atoms with Crippen LogP contribution in [0.3, 0.4) is 0 Å². The number of nitrogens with one attached hydrogen (secondary N) is 1. The first-order valence-corrected chi connectivity index (χ1v) is 8.93. The van der Waals surface area contributed by atoms with Gasteiger partial charge in [0.05, 0.1) is 19.1 Å². The fourth-order valence-electron chi connectivity index (χ4n) is 2.97. The number of thioether (sulfide) groups is 1. The molecule has 2 aromatic rings. The predicted molar refractivity (Wildman–Crippen MR) is 86.3 cm³/mol. The number of hydrogen-bond donors (Lipinski definition) is 1. The zero-order valence-corrected chi connectivity index (χ0v) is 14.0. The number of nitrogens with zero attached hydrogens (tertiary/aromatic N) is 2. The molecule has 2 heterocycles. The average molecular weight is 335 g/mol. The summed E-state index contributed by atoms with van der Waals surface area (Å²) in [5.41, 5.74) is 0.456. The lowest BCUT2D eigenvalue weighted by Gasteiger charge is -2.05. The maximum atomic E-state index is 11.6. The number of aromatic nitrogens is 3. The Labute approximate surface area is 139 Å². The number of rotatable bonds is 7. The highest BCUT2D eigenvalue weighted by Gasteiger charge is 2.17. The van der Waals surface area contributed by atoms with Gasteiger partial charge in [-0.2, -0.15) is 0 Å². The number of methoxy groups -OCH3 is 1. The molecule has 0 atom stereocenters. The van der Waals surface area contributed by atoms with Gasteiger partial charge in [0.15, 0.2) is 0 Å². The van der Waals surface area contributed by atoms with Crippen LogP contribution in [0, 0.1) is 5.92 Å². The fraction of sp³-hybridized carbons (Fsp3) is 0.562. The summed E-state index contributed by atoms with van der Waals surface area (Å²) in [6.07, 6.45) is 9.07. The van der Waals surface area contributed by atoms with Crippen LogP contribution >= 0.6 is 11.8 Å². The summed E-state index contributed by atoms with van der Waals surface area (Å²) >= 11 is 1.44. The molecule has 0 aromatic carbocycles. The second-order valence-corrected chi connectivity index (χ2v) is 6.73. The van der Waals surface area contributed by atoms with Crippen LogP contribution in [0.5, 0.6) is 0 Å². The monoisotopic (exact) mass is 335 g/mol. The lowest BCUT2D eigenvalue weighted by Crippen LogP contribution is -2.02. The number of furan rings is 1. The van der Waals surface area contributed by atoms with Crippen molar-refractivity contribution in [1.82, 2.24) is 15.2 Å². The van der Waals surface area contributed by atoms with Crippen molar-refractivity contribution < 1.29 is 13.9 Å². The maximum absolute atomic E-state index is 11.6. The van der Waals surface area contributed by atoms with Gasteiger partial charge < -0.3 is 9.15 Å². The zero-order chi connectivity index (χ0) is 16.1. The Kier molecular flexibility index (Phi) is 5.38. The van der Waals surface area contributed by atoms with Gasteiger partial charge in [-0.3, -0.25) is 5.10 Å². The van der Waals surface area contributed by atoms with Gasteiger partial charge in [0.1, 0.15) is 17.1 Å². The summed E-state index contributed by atoms with van der Waals surface area (Å²) in [5.74, 6) is 2.48. The average Bonchev–Trinajstić information content (AvgIpc) is 3.31. The highest BCUT2D eigenvalue weighted by Crippen LogP contribution is 2.28. The van der Waals surface area contributed by atoms with E-state index in [2.05, 4.69) is 15.2 Å². The number of carbonyl (C=O) groups excluding carboxylic acids is 1. The molecular formula is C16H21N3O3S. The summed E-state index contributed by atoms with van der Waals surface area (Å²) in [6, 6.07) is 1.62. The topological polar surface area (TPSA) is 81.0 Å². The van der Waals surface area contributed by atoms with E-state index in [1.165, 1.54) is 57.2 Å². The van der Waals surface area contributed by atoms with E-state index < -0.39 is 0 Å². The Hall–Kier alpha value is -1.76. The van der Waals surface area contributed by atoms with Crippen LogP contribution in [-0.2, 0) is 16.9 Å². The van der Waals surface area contributed by atoms with E-state index in [1.54, 1.807) is 6.07 Å². The van der Waals surface area contributed by atoms with Crippen molar-refractivity contribution in [3.8, 4) is 0 Å². The molecule has 1 aliphatic carbocycles. The Balaban J connectivity index is 1.51. The molecule has 23 heavy (non-hydrogen) atoms. The molecule has 3 rings (SSSR count). The van der Waals surface area contributed by atoms with Crippen LogP contribution in [-0.4, -0.2) is 28.3 Å². The van der Waals surface area contributed by atoms with Crippen molar-refractivity contribution in [2.75, 3.05) is 7.11 Å². The molecule has 7 heteroatoms. The van der Waals surface area contributed by atoms with Crippen molar-refractivity contribution >= 4 is 17.7 Å². The van der Waals surface area contributed by atoms with Gasteiger partial charge in [0.2, 0.25) is 5.16 Å². The number of carbonyl (C=O) groups is 1. The quantitative estimate of drug-likeness (QED) is 0.615. The summed E-state index contributed by atoms with van der Waals surface area (Å²) in [4.78, 5) is 16.1. The third-order valence-electron chi connectivity index (χ3n) is 4.26. The summed E-state index contributed by atoms with van der Waals surface area (Å²) in [7, 11) is 1.36. The van der Waals surface area contributed by atoms with Crippen molar-refractivity contribution in [2.45, 2.75) is 49.4 Å². The molecule has 6 nitrogen and oxygen atoms in total.